The average molecular weight is 313 g/mol. The van der Waals surface area contributed by atoms with Gasteiger partial charge in [-0.25, -0.2) is 0 Å². The van der Waals surface area contributed by atoms with Crippen molar-refractivity contribution in [2.45, 2.75) is 39.0 Å². The highest BCUT2D eigenvalue weighted by Gasteiger charge is 2.18. The lowest BCUT2D eigenvalue weighted by molar-refractivity contribution is -0.384. The van der Waals surface area contributed by atoms with Crippen molar-refractivity contribution in [1.82, 2.24) is 5.32 Å². The number of hydrogen-bond acceptors (Lipinski definition) is 3. The van der Waals surface area contributed by atoms with Gasteiger partial charge in [0.05, 0.1) is 10.3 Å². The summed E-state index contributed by atoms with van der Waals surface area (Å²) in [5, 5.41) is 13.4. The summed E-state index contributed by atoms with van der Waals surface area (Å²) in [7, 11) is 0. The Labute approximate surface area is 129 Å². The summed E-state index contributed by atoms with van der Waals surface area (Å²) in [6, 6.07) is 4.34. The van der Waals surface area contributed by atoms with Gasteiger partial charge in [-0.15, -0.1) is 11.6 Å². The number of carbonyl (C=O) groups is 1. The van der Waals surface area contributed by atoms with Crippen molar-refractivity contribution in [3.8, 4) is 0 Å². The molecule has 6 heteroatoms. The zero-order valence-corrected chi connectivity index (χ0v) is 13.3. The second kappa shape index (κ2) is 7.98. The molecule has 1 unspecified atom stereocenters. The number of amides is 1. The summed E-state index contributed by atoms with van der Waals surface area (Å²) in [6.45, 7) is 6.21. The smallest absolute Gasteiger partial charge is 0.270 e. The monoisotopic (exact) mass is 312 g/mol. The van der Waals surface area contributed by atoms with Gasteiger partial charge in [-0.3, -0.25) is 14.9 Å². The van der Waals surface area contributed by atoms with Gasteiger partial charge in [-0.1, -0.05) is 26.7 Å². The van der Waals surface area contributed by atoms with Gasteiger partial charge in [0, 0.05) is 24.2 Å². The van der Waals surface area contributed by atoms with Gasteiger partial charge < -0.3 is 5.32 Å². The van der Waals surface area contributed by atoms with Crippen molar-refractivity contribution in [2.75, 3.05) is 6.54 Å². The van der Waals surface area contributed by atoms with Crippen LogP contribution < -0.4 is 5.32 Å². The van der Waals surface area contributed by atoms with E-state index in [9.17, 15) is 14.9 Å². The van der Waals surface area contributed by atoms with Crippen LogP contribution in [0, 0.1) is 23.0 Å². The lowest BCUT2D eigenvalue weighted by atomic mass is 9.99. The van der Waals surface area contributed by atoms with Crippen LogP contribution in [0.3, 0.4) is 0 Å². The average Bonchev–Trinajstić information content (AvgIpc) is 2.45. The summed E-state index contributed by atoms with van der Waals surface area (Å²) >= 11 is 6.27. The fourth-order valence-corrected chi connectivity index (χ4v) is 2.69. The second-order valence-corrected chi connectivity index (χ2v) is 5.68. The Bertz CT molecular complexity index is 516. The number of nitrogens with one attached hydrogen (secondary N) is 1. The number of nitro groups is 1. The fraction of sp³-hybridized carbons (Fsp3) is 0.533. The first kappa shape index (κ1) is 17.4. The Morgan fingerprint density at radius 3 is 2.48 bits per heavy atom. The lowest BCUT2D eigenvalue weighted by Gasteiger charge is -2.19. The van der Waals surface area contributed by atoms with Crippen LogP contribution in [0.2, 0.25) is 0 Å². The first-order valence-corrected chi connectivity index (χ1v) is 7.51. The normalized spacial score (nSPS) is 12.2. The van der Waals surface area contributed by atoms with Crippen molar-refractivity contribution in [3.63, 3.8) is 0 Å². The summed E-state index contributed by atoms with van der Waals surface area (Å²) in [5.41, 5.74) is 0.884. The van der Waals surface area contributed by atoms with E-state index in [4.69, 9.17) is 11.6 Å². The Balaban J connectivity index is 2.74. The highest BCUT2D eigenvalue weighted by Crippen LogP contribution is 2.19. The van der Waals surface area contributed by atoms with Crippen LogP contribution in [-0.4, -0.2) is 22.8 Å². The SMILES string of the molecule is CCC(CC)C(Cl)CNC(=O)c1cc(C)cc([N+](=O)[O-])c1. The van der Waals surface area contributed by atoms with Gasteiger partial charge in [0.2, 0.25) is 0 Å². The van der Waals surface area contributed by atoms with E-state index < -0.39 is 4.92 Å². The van der Waals surface area contributed by atoms with Crippen LogP contribution in [0.5, 0.6) is 0 Å². The quantitative estimate of drug-likeness (QED) is 0.474. The number of nitro benzene ring substituents is 1. The van der Waals surface area contributed by atoms with E-state index in [0.29, 0.717) is 18.0 Å². The third-order valence-electron chi connectivity index (χ3n) is 3.55. The highest BCUT2D eigenvalue weighted by atomic mass is 35.5. The maximum Gasteiger partial charge on any atom is 0.270 e. The number of halogens is 1. The van der Waals surface area contributed by atoms with Crippen molar-refractivity contribution in [3.05, 3.63) is 39.4 Å². The molecule has 0 heterocycles. The molecule has 0 saturated carbocycles. The molecule has 116 valence electrons. The van der Waals surface area contributed by atoms with E-state index in [1.165, 1.54) is 12.1 Å². The Kier molecular flexibility index (Phi) is 6.62. The first-order valence-electron chi connectivity index (χ1n) is 7.07. The zero-order valence-electron chi connectivity index (χ0n) is 12.6. The molecule has 21 heavy (non-hydrogen) atoms. The number of benzene rings is 1. The number of non-ortho nitro benzene ring substituents is 1. The number of nitrogens with zero attached hydrogens (tertiary/aromatic N) is 1. The molecule has 1 N–H and O–H groups in total. The summed E-state index contributed by atoms with van der Waals surface area (Å²) in [4.78, 5) is 22.4. The molecule has 1 aromatic carbocycles. The molecule has 0 aliphatic heterocycles. The molecule has 0 fully saturated rings. The zero-order chi connectivity index (χ0) is 16.0. The molecule has 0 aliphatic carbocycles. The molecule has 0 spiro atoms. The molecule has 1 atom stereocenters. The first-order chi connectivity index (χ1) is 9.88. The van der Waals surface area contributed by atoms with Crippen LogP contribution in [0.15, 0.2) is 18.2 Å². The Morgan fingerprint density at radius 2 is 1.95 bits per heavy atom. The molecule has 0 saturated heterocycles. The van der Waals surface area contributed by atoms with Crippen molar-refractivity contribution < 1.29 is 9.72 Å². The maximum absolute atomic E-state index is 12.1. The molecular formula is C15H21ClN2O3. The minimum atomic E-state index is -0.502. The van der Waals surface area contributed by atoms with Crippen LogP contribution in [-0.2, 0) is 0 Å². The number of rotatable bonds is 7. The Morgan fingerprint density at radius 1 is 1.33 bits per heavy atom. The number of hydrogen-bond donors (Lipinski definition) is 1. The van der Waals surface area contributed by atoms with Gasteiger partial charge >= 0.3 is 0 Å². The van der Waals surface area contributed by atoms with Crippen LogP contribution in [0.25, 0.3) is 0 Å². The second-order valence-electron chi connectivity index (χ2n) is 5.12. The van der Waals surface area contributed by atoms with Crippen LogP contribution in [0.4, 0.5) is 5.69 Å². The van der Waals surface area contributed by atoms with Gasteiger partial charge in [-0.2, -0.15) is 0 Å². The standard InChI is InChI=1S/C15H21ClN2O3/c1-4-11(5-2)14(16)9-17-15(19)12-6-10(3)7-13(8-12)18(20)21/h6-8,11,14H,4-5,9H2,1-3H3,(H,17,19). The topological polar surface area (TPSA) is 72.2 Å². The predicted octanol–water partition coefficient (Wildman–Crippen LogP) is 3.68. The predicted molar refractivity (Wildman–Crippen MR) is 83.9 cm³/mol. The molecule has 0 aliphatic rings. The van der Waals surface area contributed by atoms with E-state index in [2.05, 4.69) is 19.2 Å². The van der Waals surface area contributed by atoms with Crippen LogP contribution in [0.1, 0.15) is 42.6 Å². The van der Waals surface area contributed by atoms with Crippen molar-refractivity contribution in [2.24, 2.45) is 5.92 Å². The molecule has 1 rings (SSSR count). The maximum atomic E-state index is 12.1. The van der Waals surface area contributed by atoms with Crippen molar-refractivity contribution >= 4 is 23.2 Å². The summed E-state index contributed by atoms with van der Waals surface area (Å²) < 4.78 is 0. The van der Waals surface area contributed by atoms with Crippen LogP contribution >= 0.6 is 11.6 Å². The van der Waals surface area contributed by atoms with Crippen molar-refractivity contribution in [1.29, 1.82) is 0 Å². The van der Waals surface area contributed by atoms with E-state index in [0.717, 1.165) is 12.8 Å². The lowest BCUT2D eigenvalue weighted by Crippen LogP contribution is -2.33. The molecule has 1 aromatic rings. The third kappa shape index (κ3) is 5.01. The largest absolute Gasteiger partial charge is 0.351 e. The molecule has 5 nitrogen and oxygen atoms in total. The number of carbonyl (C=O) groups excluding carboxylic acids is 1. The van der Waals surface area contributed by atoms with E-state index >= 15 is 0 Å². The molecule has 0 bridgehead atoms. The molecular weight excluding hydrogens is 292 g/mol. The fourth-order valence-electron chi connectivity index (χ4n) is 2.26. The number of aryl methyl sites for hydroxylation is 1. The molecule has 1 amide bonds. The summed E-state index contributed by atoms with van der Waals surface area (Å²) in [6.07, 6.45) is 1.91. The molecule has 0 radical (unpaired) electrons. The molecule has 0 aromatic heterocycles. The number of alkyl halides is 1. The van der Waals surface area contributed by atoms with Gasteiger partial charge in [0.15, 0.2) is 0 Å². The van der Waals surface area contributed by atoms with Gasteiger partial charge in [0.25, 0.3) is 11.6 Å². The van der Waals surface area contributed by atoms with E-state index in [1.807, 2.05) is 0 Å². The van der Waals surface area contributed by atoms with E-state index in [-0.39, 0.29) is 22.5 Å². The van der Waals surface area contributed by atoms with E-state index in [1.54, 1.807) is 13.0 Å². The third-order valence-corrected chi connectivity index (χ3v) is 4.06. The highest BCUT2D eigenvalue weighted by molar-refractivity contribution is 6.21. The van der Waals surface area contributed by atoms with Gasteiger partial charge in [0.1, 0.15) is 0 Å². The minimum Gasteiger partial charge on any atom is -0.351 e. The Hall–Kier alpha value is -1.62. The van der Waals surface area contributed by atoms with Gasteiger partial charge in [-0.05, 0) is 24.5 Å². The summed E-state index contributed by atoms with van der Waals surface area (Å²) in [5.74, 6) is 0.0113. The minimum absolute atomic E-state index is 0.0810.